The maximum Gasteiger partial charge on any atom is 0.208 e. The van der Waals surface area contributed by atoms with E-state index in [1.54, 1.807) is 24.3 Å². The number of carbonyl (C=O) groups excluding carboxylic acids is 1. The lowest BCUT2D eigenvalue weighted by Crippen LogP contribution is -1.80. The van der Waals surface area contributed by atoms with Crippen molar-refractivity contribution < 1.29 is 14.6 Å². The molecule has 1 aromatic carbocycles. The number of carbonyl (C=O) groups is 1. The molecule has 0 aliphatic rings. The van der Waals surface area contributed by atoms with Crippen molar-refractivity contribution in [3.05, 3.63) is 24.3 Å². The molecule has 1 N–H and O–H groups in total. The van der Waals surface area contributed by atoms with Gasteiger partial charge in [-0.3, -0.25) is 4.79 Å². The molecule has 0 bridgehead atoms. The fourth-order valence-electron chi connectivity index (χ4n) is 0.630. The molecule has 12 heavy (non-hydrogen) atoms. The van der Waals surface area contributed by atoms with Gasteiger partial charge in [0.05, 0.1) is 7.11 Å². The second-order valence-corrected chi connectivity index (χ2v) is 1.94. The van der Waals surface area contributed by atoms with Gasteiger partial charge < -0.3 is 9.84 Å². The molecule has 0 aromatic heterocycles. The van der Waals surface area contributed by atoms with Gasteiger partial charge in [0.1, 0.15) is 0 Å². The number of benzene rings is 1. The minimum absolute atomic E-state index is 0.181. The topological polar surface area (TPSA) is 46.5 Å². The Morgan fingerprint density at radius 2 is 2.00 bits per heavy atom. The molecule has 0 amide bonds. The number of ether oxygens (including phenoxy) is 1. The molecule has 4 heteroatoms. The van der Waals surface area contributed by atoms with Gasteiger partial charge in [-0.1, -0.05) is 12.1 Å². The fraction of sp³-hybridized carbons (Fsp3) is 0.125. The summed E-state index contributed by atoms with van der Waals surface area (Å²) in [5.41, 5.74) is 0. The predicted molar refractivity (Wildman–Crippen MR) is 47.3 cm³/mol. The highest BCUT2D eigenvalue weighted by molar-refractivity contribution is 6.54. The number of rotatable bonds is 1. The highest BCUT2D eigenvalue weighted by atomic mass is 35.5. The first-order valence-electron chi connectivity index (χ1n) is 3.12. The first-order chi connectivity index (χ1) is 5.76. The molecule has 0 heterocycles. The minimum Gasteiger partial charge on any atom is -0.504 e. The van der Waals surface area contributed by atoms with E-state index in [2.05, 4.69) is 11.6 Å². The van der Waals surface area contributed by atoms with E-state index in [4.69, 9.17) is 14.6 Å². The van der Waals surface area contributed by atoms with Gasteiger partial charge in [0.25, 0.3) is 0 Å². The Balaban J connectivity index is 0.000000354. The van der Waals surface area contributed by atoms with E-state index in [1.807, 2.05) is 0 Å². The fourth-order valence-corrected chi connectivity index (χ4v) is 0.630. The Labute approximate surface area is 75.5 Å². The Kier molecular flexibility index (Phi) is 5.83. The van der Waals surface area contributed by atoms with Crippen LogP contribution in [0.15, 0.2) is 24.3 Å². The summed E-state index contributed by atoms with van der Waals surface area (Å²) in [6.07, 6.45) is 0. The van der Waals surface area contributed by atoms with Crippen LogP contribution in [-0.2, 0) is 4.79 Å². The van der Waals surface area contributed by atoms with Crippen LogP contribution in [0.4, 0.5) is 0 Å². The molecule has 3 nitrogen and oxygen atoms in total. The summed E-state index contributed by atoms with van der Waals surface area (Å²) < 4.78 is 4.79. The maximum absolute atomic E-state index is 8.99. The third-order valence-electron chi connectivity index (χ3n) is 1.09. The summed E-state index contributed by atoms with van der Waals surface area (Å²) in [7, 11) is 1.52. The highest BCUT2D eigenvalue weighted by Gasteiger charge is 1.94. The molecule has 0 radical (unpaired) electrons. The summed E-state index contributed by atoms with van der Waals surface area (Å²) in [4.78, 5) is 8.57. The normalized spacial score (nSPS) is 7.83. The van der Waals surface area contributed by atoms with Crippen LogP contribution in [0.2, 0.25) is 0 Å². The number of hydrogen-bond donors (Lipinski definition) is 1. The van der Waals surface area contributed by atoms with Crippen LogP contribution < -0.4 is 4.74 Å². The number of methoxy groups -OCH3 is 1. The summed E-state index contributed by atoms with van der Waals surface area (Å²) in [5, 5.41) is 8.99. The van der Waals surface area contributed by atoms with Crippen LogP contribution in [0.1, 0.15) is 0 Å². The van der Waals surface area contributed by atoms with Crippen molar-refractivity contribution in [2.24, 2.45) is 0 Å². The predicted octanol–water partition coefficient (Wildman–Crippen LogP) is 1.82. The van der Waals surface area contributed by atoms with Gasteiger partial charge in [0.2, 0.25) is 5.75 Å². The van der Waals surface area contributed by atoms with E-state index in [1.165, 1.54) is 7.11 Å². The number of para-hydroxylation sites is 2. The van der Waals surface area contributed by atoms with Gasteiger partial charge in [0, 0.05) is 0 Å². The summed E-state index contributed by atoms with van der Waals surface area (Å²) in [6, 6.07) is 6.84. The van der Waals surface area contributed by atoms with E-state index < -0.39 is 0 Å². The third kappa shape index (κ3) is 3.83. The highest BCUT2D eigenvalue weighted by Crippen LogP contribution is 2.22. The van der Waals surface area contributed by atoms with Crippen molar-refractivity contribution in [1.82, 2.24) is 0 Å². The smallest absolute Gasteiger partial charge is 0.208 e. The van der Waals surface area contributed by atoms with Gasteiger partial charge in [0.15, 0.2) is 11.5 Å². The molecule has 0 spiro atoms. The van der Waals surface area contributed by atoms with Crippen LogP contribution in [0, 0.1) is 0 Å². The second kappa shape index (κ2) is 6.49. The Morgan fingerprint density at radius 3 is 2.33 bits per heavy atom. The molecule has 0 unspecified atom stereocenters. The van der Waals surface area contributed by atoms with E-state index in [0.717, 1.165) is 0 Å². The summed E-state index contributed by atoms with van der Waals surface area (Å²) in [6.45, 7) is 0. The zero-order valence-electron chi connectivity index (χ0n) is 6.53. The van der Waals surface area contributed by atoms with E-state index >= 15 is 0 Å². The zero-order chi connectivity index (χ0) is 9.40. The monoisotopic (exact) mass is 188 g/mol. The largest absolute Gasteiger partial charge is 0.504 e. The van der Waals surface area contributed by atoms with E-state index in [0.29, 0.717) is 5.75 Å². The Bertz CT molecular complexity index is 237. The first-order valence-corrected chi connectivity index (χ1v) is 3.55. The number of phenolic OH excluding ortho intramolecular Hbond substituents is 1. The quantitative estimate of drug-likeness (QED) is 0.540. The molecule has 0 saturated heterocycles. The number of hydrogen-bond acceptors (Lipinski definition) is 3. The average Bonchev–Trinajstić information content (AvgIpc) is 2.07. The molecule has 0 atom stereocenters. The number of aromatic hydroxyl groups is 1. The van der Waals surface area contributed by atoms with Gasteiger partial charge in [-0.05, 0) is 23.7 Å². The number of halogens is 1. The Morgan fingerprint density at radius 1 is 1.50 bits per heavy atom. The van der Waals surface area contributed by atoms with Gasteiger partial charge in [-0.25, -0.2) is 0 Å². The van der Waals surface area contributed by atoms with Crippen molar-refractivity contribution in [1.29, 1.82) is 0 Å². The maximum atomic E-state index is 8.99. The summed E-state index contributed by atoms with van der Waals surface area (Å²) in [5.74, 6) is 0.914. The lowest BCUT2D eigenvalue weighted by molar-refractivity contribution is 0.373. The lowest BCUT2D eigenvalue weighted by Gasteiger charge is -1.99. The third-order valence-corrected chi connectivity index (χ3v) is 1.09. The SMILES string of the molecule is COc1ccccc1O.O=CCl. The van der Waals surface area contributed by atoms with Gasteiger partial charge in [-0.2, -0.15) is 0 Å². The number of phenols is 1. The van der Waals surface area contributed by atoms with E-state index in [9.17, 15) is 0 Å². The standard InChI is InChI=1S/C7H8O2.CHClO/c1-9-7-5-3-2-4-6(7)8;2-1-3/h2-5,8H,1H3;1H. The van der Waals surface area contributed by atoms with Crippen molar-refractivity contribution in [3.8, 4) is 11.5 Å². The van der Waals surface area contributed by atoms with Crippen molar-refractivity contribution in [3.63, 3.8) is 0 Å². The molecular formula is C8H9ClO3. The van der Waals surface area contributed by atoms with Crippen LogP contribution in [0.5, 0.6) is 11.5 Å². The Hall–Kier alpha value is -1.22. The minimum atomic E-state index is 0.181. The van der Waals surface area contributed by atoms with Crippen molar-refractivity contribution in [2.75, 3.05) is 7.11 Å². The van der Waals surface area contributed by atoms with Crippen LogP contribution in [0.25, 0.3) is 0 Å². The van der Waals surface area contributed by atoms with Crippen LogP contribution in [0.3, 0.4) is 0 Å². The van der Waals surface area contributed by atoms with Crippen LogP contribution >= 0.6 is 11.6 Å². The molecule has 66 valence electrons. The summed E-state index contributed by atoms with van der Waals surface area (Å²) >= 11 is 4.32. The first kappa shape index (κ1) is 10.8. The van der Waals surface area contributed by atoms with Crippen molar-refractivity contribution in [2.45, 2.75) is 0 Å². The molecular weight excluding hydrogens is 180 g/mol. The van der Waals surface area contributed by atoms with E-state index in [-0.39, 0.29) is 11.5 Å². The molecule has 1 aromatic rings. The van der Waals surface area contributed by atoms with Gasteiger partial charge >= 0.3 is 0 Å². The molecule has 0 aliphatic carbocycles. The zero-order valence-corrected chi connectivity index (χ0v) is 7.28. The van der Waals surface area contributed by atoms with Gasteiger partial charge in [-0.15, -0.1) is 0 Å². The molecule has 0 fully saturated rings. The van der Waals surface area contributed by atoms with Crippen molar-refractivity contribution >= 4 is 17.3 Å². The van der Waals surface area contributed by atoms with Crippen LogP contribution in [-0.4, -0.2) is 18.0 Å². The lowest BCUT2D eigenvalue weighted by atomic mass is 10.3. The molecule has 1 rings (SSSR count). The second-order valence-electron chi connectivity index (χ2n) is 1.76. The molecule has 0 aliphatic heterocycles. The molecule has 0 saturated carbocycles. The average molecular weight is 189 g/mol.